The van der Waals surface area contributed by atoms with E-state index in [4.69, 9.17) is 35.8 Å². The zero-order chi connectivity index (χ0) is 23.9. The van der Waals surface area contributed by atoms with E-state index in [0.29, 0.717) is 43.2 Å². The average Bonchev–Trinajstić information content (AvgIpc) is 3.27. The number of para-hydroxylation sites is 2. The molecule has 0 radical (unpaired) electrons. The molecule has 1 unspecified atom stereocenters. The molecule has 7 nitrogen and oxygen atoms in total. The quantitative estimate of drug-likeness (QED) is 0.421. The minimum Gasteiger partial charge on any atom is -0.365 e. The zero-order valence-electron chi connectivity index (χ0n) is 19.0. The van der Waals surface area contributed by atoms with Crippen LogP contribution in [0, 0.1) is 0 Å². The first-order chi connectivity index (χ1) is 16.4. The molecule has 1 N–H and O–H groups in total. The number of nitrogens with zero attached hydrogens (tertiary/aromatic N) is 3. The minimum absolute atomic E-state index is 0.120. The van der Waals surface area contributed by atoms with Crippen LogP contribution in [0.5, 0.6) is 0 Å². The van der Waals surface area contributed by atoms with E-state index in [-0.39, 0.29) is 18.5 Å². The van der Waals surface area contributed by atoms with E-state index < -0.39 is 18.0 Å². The third-order valence-electron chi connectivity index (χ3n) is 6.33. The molecular weight excluding hydrogens is 466 g/mol. The maximum atomic E-state index is 13.5. The lowest BCUT2D eigenvalue weighted by atomic mass is 9.87. The number of benzene rings is 1. The Morgan fingerprint density at radius 3 is 2.74 bits per heavy atom. The standard InChI is InChI=1S/C24H27ClF2N4O3/c1-3-32-19(33-4-2)13-28-21-14-8-7-11-24(25,34-23(26)27)20(14)18-12-16(29-21)22-30-15-9-5-6-10-17(15)31(18)22/h5-10,16,18-19,23H,3-4,11-13H2,1-2H3,(H,28,29)/t16-,18-,24?/m1/s1. The number of alkyl halides is 3. The monoisotopic (exact) mass is 492 g/mol. The van der Waals surface area contributed by atoms with Crippen LogP contribution in [0.4, 0.5) is 8.78 Å². The first-order valence-electron chi connectivity index (χ1n) is 11.5. The predicted octanol–water partition coefficient (Wildman–Crippen LogP) is 4.85. The molecule has 34 heavy (non-hydrogen) atoms. The van der Waals surface area contributed by atoms with Crippen LogP contribution in [0.2, 0.25) is 0 Å². The van der Waals surface area contributed by atoms with Gasteiger partial charge in [-0.3, -0.25) is 9.73 Å². The van der Waals surface area contributed by atoms with Gasteiger partial charge in [-0.15, -0.1) is 0 Å². The Balaban J connectivity index is 1.62. The fourth-order valence-corrected chi connectivity index (χ4v) is 5.49. The maximum absolute atomic E-state index is 13.5. The van der Waals surface area contributed by atoms with Gasteiger partial charge in [0, 0.05) is 37.2 Å². The van der Waals surface area contributed by atoms with Gasteiger partial charge in [-0.2, -0.15) is 8.78 Å². The number of ether oxygens (including phenoxy) is 3. The van der Waals surface area contributed by atoms with Crippen molar-refractivity contribution in [3.05, 3.63) is 53.4 Å². The van der Waals surface area contributed by atoms with Crippen LogP contribution in [-0.4, -0.2) is 53.1 Å². The smallest absolute Gasteiger partial charge is 0.347 e. The van der Waals surface area contributed by atoms with Crippen LogP contribution < -0.4 is 5.32 Å². The molecule has 10 heteroatoms. The molecule has 1 aromatic carbocycles. The van der Waals surface area contributed by atoms with Crippen molar-refractivity contribution >= 4 is 28.5 Å². The molecule has 3 aliphatic rings. The van der Waals surface area contributed by atoms with Gasteiger partial charge < -0.3 is 19.4 Å². The Kier molecular flexibility index (Phi) is 6.45. The van der Waals surface area contributed by atoms with Crippen molar-refractivity contribution < 1.29 is 23.0 Å². The number of fused-ring (bicyclic) bond motifs is 8. The Morgan fingerprint density at radius 2 is 2.00 bits per heavy atom. The highest BCUT2D eigenvalue weighted by atomic mass is 35.5. The molecular formula is C24H27ClF2N4O3. The van der Waals surface area contributed by atoms with Gasteiger partial charge in [0.2, 0.25) is 0 Å². The summed E-state index contributed by atoms with van der Waals surface area (Å²) in [5, 5.41) is 1.62. The van der Waals surface area contributed by atoms with Crippen LogP contribution in [-0.2, 0) is 14.2 Å². The minimum atomic E-state index is -3.02. The molecule has 182 valence electrons. The van der Waals surface area contributed by atoms with E-state index in [1.807, 2.05) is 44.2 Å². The number of amidine groups is 1. The van der Waals surface area contributed by atoms with Crippen LogP contribution in [0.15, 0.2) is 52.6 Å². The van der Waals surface area contributed by atoms with Crippen molar-refractivity contribution in [2.45, 2.75) is 56.7 Å². The van der Waals surface area contributed by atoms with Crippen LogP contribution >= 0.6 is 11.6 Å². The Labute approximate surface area is 201 Å². The van der Waals surface area contributed by atoms with Crippen LogP contribution in [0.3, 0.4) is 0 Å². The molecule has 3 atom stereocenters. The van der Waals surface area contributed by atoms with E-state index in [2.05, 4.69) is 9.88 Å². The highest BCUT2D eigenvalue weighted by Gasteiger charge is 2.49. The van der Waals surface area contributed by atoms with Crippen molar-refractivity contribution in [1.82, 2.24) is 14.9 Å². The normalized spacial score (nSPS) is 25.7. The van der Waals surface area contributed by atoms with Gasteiger partial charge in [-0.1, -0.05) is 35.9 Å². The molecule has 1 aromatic heterocycles. The zero-order valence-corrected chi connectivity index (χ0v) is 19.8. The van der Waals surface area contributed by atoms with Gasteiger partial charge in [0.15, 0.2) is 11.4 Å². The number of aliphatic imine (C=N–C) groups is 1. The Hall–Kier alpha value is -2.33. The molecule has 2 aromatic rings. The van der Waals surface area contributed by atoms with E-state index in [9.17, 15) is 8.78 Å². The molecule has 2 aliphatic heterocycles. The number of aromatic nitrogens is 2. The number of rotatable bonds is 8. The summed E-state index contributed by atoms with van der Waals surface area (Å²) >= 11 is 6.84. The molecule has 0 saturated carbocycles. The summed E-state index contributed by atoms with van der Waals surface area (Å²) in [6.45, 7) is 2.09. The van der Waals surface area contributed by atoms with E-state index in [1.54, 1.807) is 6.08 Å². The third-order valence-corrected chi connectivity index (χ3v) is 6.77. The Morgan fingerprint density at radius 1 is 1.24 bits per heavy atom. The van der Waals surface area contributed by atoms with Gasteiger partial charge in [0.25, 0.3) is 0 Å². The maximum Gasteiger partial charge on any atom is 0.347 e. The van der Waals surface area contributed by atoms with Crippen molar-refractivity contribution in [2.75, 3.05) is 19.8 Å². The lowest BCUT2D eigenvalue weighted by Crippen LogP contribution is -2.41. The SMILES string of the molecule is CCOC(CNC1=N[C@@H]2C[C@H](C3=C1C=CCC3(Cl)OC(F)F)n1c2nc2ccccc21)OCC. The number of halogens is 3. The second-order valence-corrected chi connectivity index (χ2v) is 8.95. The van der Waals surface area contributed by atoms with Crippen molar-refractivity contribution in [3.8, 4) is 0 Å². The van der Waals surface area contributed by atoms with Crippen LogP contribution in [0.25, 0.3) is 11.0 Å². The predicted molar refractivity (Wildman–Crippen MR) is 125 cm³/mol. The fraction of sp³-hybridized carbons (Fsp3) is 0.500. The number of imidazole rings is 1. The second kappa shape index (κ2) is 9.37. The van der Waals surface area contributed by atoms with Crippen molar-refractivity contribution in [3.63, 3.8) is 0 Å². The highest BCUT2D eigenvalue weighted by Crippen LogP contribution is 2.53. The Bertz CT molecular complexity index is 1160. The highest BCUT2D eigenvalue weighted by molar-refractivity contribution is 6.26. The summed E-state index contributed by atoms with van der Waals surface area (Å²) < 4.78 is 45.5. The van der Waals surface area contributed by atoms with E-state index >= 15 is 0 Å². The molecule has 0 spiro atoms. The third kappa shape index (κ3) is 4.04. The number of hydrogen-bond donors (Lipinski definition) is 1. The fourth-order valence-electron chi connectivity index (χ4n) is 5.11. The van der Waals surface area contributed by atoms with Gasteiger partial charge in [0.05, 0.1) is 23.6 Å². The summed E-state index contributed by atoms with van der Waals surface area (Å²) in [6, 6.07) is 7.19. The summed E-state index contributed by atoms with van der Waals surface area (Å²) in [6.07, 6.45) is 3.84. The summed E-state index contributed by atoms with van der Waals surface area (Å²) in [5.41, 5.74) is 2.97. The van der Waals surface area contributed by atoms with E-state index in [0.717, 1.165) is 16.9 Å². The van der Waals surface area contributed by atoms with E-state index in [1.165, 1.54) is 0 Å². The second-order valence-electron chi connectivity index (χ2n) is 8.34. The van der Waals surface area contributed by atoms with Gasteiger partial charge >= 0.3 is 6.61 Å². The van der Waals surface area contributed by atoms with Crippen molar-refractivity contribution in [1.29, 1.82) is 0 Å². The first kappa shape index (κ1) is 23.4. The van der Waals surface area contributed by atoms with Gasteiger partial charge in [0.1, 0.15) is 17.7 Å². The lowest BCUT2D eigenvalue weighted by Gasteiger charge is -2.36. The lowest BCUT2D eigenvalue weighted by molar-refractivity contribution is -0.168. The summed E-state index contributed by atoms with van der Waals surface area (Å²) in [5.74, 6) is 1.33. The van der Waals surface area contributed by atoms with Gasteiger partial charge in [-0.05, 0) is 26.0 Å². The molecule has 3 heterocycles. The topological polar surface area (TPSA) is 69.9 Å². The first-order valence-corrected chi connectivity index (χ1v) is 11.9. The molecule has 2 bridgehead atoms. The molecule has 5 rings (SSSR count). The molecule has 0 fully saturated rings. The van der Waals surface area contributed by atoms with Crippen LogP contribution in [0.1, 0.15) is 44.6 Å². The largest absolute Gasteiger partial charge is 0.365 e. The average molecular weight is 493 g/mol. The van der Waals surface area contributed by atoms with Crippen molar-refractivity contribution in [2.24, 2.45) is 4.99 Å². The van der Waals surface area contributed by atoms with Gasteiger partial charge in [-0.25, -0.2) is 4.98 Å². The summed E-state index contributed by atoms with van der Waals surface area (Å²) in [4.78, 5) is 9.81. The number of nitrogens with one attached hydrogen (secondary N) is 1. The number of hydrogen-bond acceptors (Lipinski definition) is 6. The summed E-state index contributed by atoms with van der Waals surface area (Å²) in [7, 11) is 0. The molecule has 1 aliphatic carbocycles. The molecule has 0 amide bonds. The molecule has 0 saturated heterocycles.